The molecule has 0 aliphatic carbocycles. The monoisotopic (exact) mass is 327 g/mol. The van der Waals surface area contributed by atoms with Crippen LogP contribution in [0.3, 0.4) is 0 Å². The van der Waals surface area contributed by atoms with Gasteiger partial charge in [0.05, 0.1) is 19.6 Å². The van der Waals surface area contributed by atoms with Crippen molar-refractivity contribution < 1.29 is 14.3 Å². The summed E-state index contributed by atoms with van der Waals surface area (Å²) < 4.78 is 11.2. The topological polar surface area (TPSA) is 47.6 Å². The number of amides is 1. The minimum atomic E-state index is -0.0366. The normalized spacial score (nSPS) is 10.5. The molecule has 0 aliphatic rings. The van der Waals surface area contributed by atoms with Gasteiger partial charge in [0.1, 0.15) is 18.1 Å². The van der Waals surface area contributed by atoms with E-state index in [2.05, 4.69) is 25.2 Å². The second-order valence-electron chi connectivity index (χ2n) is 5.84. The van der Waals surface area contributed by atoms with Gasteiger partial charge in [-0.15, -0.1) is 0 Å². The van der Waals surface area contributed by atoms with Crippen molar-refractivity contribution in [2.24, 2.45) is 0 Å². The van der Waals surface area contributed by atoms with Crippen molar-refractivity contribution in [1.29, 1.82) is 0 Å². The molecule has 24 heavy (non-hydrogen) atoms. The third-order valence-corrected chi connectivity index (χ3v) is 3.56. The van der Waals surface area contributed by atoms with Crippen molar-refractivity contribution in [3.8, 4) is 11.5 Å². The highest BCUT2D eigenvalue weighted by Crippen LogP contribution is 2.19. The molecular formula is C20H25NO3. The molecule has 0 aliphatic heterocycles. The van der Waals surface area contributed by atoms with E-state index in [1.165, 1.54) is 5.56 Å². The first-order chi connectivity index (χ1) is 11.6. The number of hydrogen-bond donors (Lipinski definition) is 1. The van der Waals surface area contributed by atoms with Gasteiger partial charge in [0.15, 0.2) is 0 Å². The van der Waals surface area contributed by atoms with Crippen molar-refractivity contribution in [2.45, 2.75) is 26.2 Å². The van der Waals surface area contributed by atoms with Crippen LogP contribution in [0.4, 0.5) is 0 Å². The van der Waals surface area contributed by atoms with Crippen molar-refractivity contribution >= 4 is 5.91 Å². The maximum atomic E-state index is 11.7. The third-order valence-electron chi connectivity index (χ3n) is 3.56. The van der Waals surface area contributed by atoms with E-state index in [4.69, 9.17) is 9.47 Å². The van der Waals surface area contributed by atoms with Gasteiger partial charge in [0.25, 0.3) is 0 Å². The Morgan fingerprint density at radius 2 is 1.67 bits per heavy atom. The number of rotatable bonds is 9. The van der Waals surface area contributed by atoms with E-state index in [1.54, 1.807) is 0 Å². The molecule has 0 bridgehead atoms. The predicted molar refractivity (Wildman–Crippen MR) is 95.6 cm³/mol. The second kappa shape index (κ2) is 9.60. The fraction of sp³-hybridized carbons (Fsp3) is 0.350. The van der Waals surface area contributed by atoms with Gasteiger partial charge in [-0.05, 0) is 35.7 Å². The largest absolute Gasteiger partial charge is 0.493 e. The van der Waals surface area contributed by atoms with Crippen LogP contribution in [0.5, 0.6) is 11.5 Å². The van der Waals surface area contributed by atoms with Crippen LogP contribution in [0.25, 0.3) is 0 Å². The minimum absolute atomic E-state index is 0.0366. The SMILES string of the molecule is CC(C)c1cccc(OCCNC(=O)CCOc2ccccc2)c1. The summed E-state index contributed by atoms with van der Waals surface area (Å²) in [6.07, 6.45) is 0.331. The molecule has 2 aromatic rings. The van der Waals surface area contributed by atoms with E-state index in [0.717, 1.165) is 11.5 Å². The second-order valence-corrected chi connectivity index (χ2v) is 5.84. The molecule has 0 saturated carbocycles. The number of benzene rings is 2. The Balaban J connectivity index is 1.60. The van der Waals surface area contributed by atoms with Crippen molar-refractivity contribution in [2.75, 3.05) is 19.8 Å². The molecule has 0 spiro atoms. The fourth-order valence-electron chi connectivity index (χ4n) is 2.19. The first-order valence-electron chi connectivity index (χ1n) is 8.32. The number of hydrogen-bond acceptors (Lipinski definition) is 3. The summed E-state index contributed by atoms with van der Waals surface area (Å²) in [5.74, 6) is 2.05. The predicted octanol–water partition coefficient (Wildman–Crippen LogP) is 3.77. The first-order valence-corrected chi connectivity index (χ1v) is 8.32. The summed E-state index contributed by atoms with van der Waals surface area (Å²) in [4.78, 5) is 11.7. The Labute approximate surface area is 143 Å². The third kappa shape index (κ3) is 6.32. The summed E-state index contributed by atoms with van der Waals surface area (Å²) in [7, 11) is 0. The van der Waals surface area contributed by atoms with Gasteiger partial charge in [-0.3, -0.25) is 4.79 Å². The van der Waals surface area contributed by atoms with Crippen molar-refractivity contribution in [3.63, 3.8) is 0 Å². The van der Waals surface area contributed by atoms with Gasteiger partial charge in [0.2, 0.25) is 5.91 Å². The standard InChI is InChI=1S/C20H25NO3/c1-16(2)17-7-6-10-19(15-17)24-14-12-21-20(22)11-13-23-18-8-4-3-5-9-18/h3-10,15-16H,11-14H2,1-2H3,(H,21,22). The molecule has 1 N–H and O–H groups in total. The van der Waals surface area contributed by atoms with Gasteiger partial charge >= 0.3 is 0 Å². The van der Waals surface area contributed by atoms with Gasteiger partial charge in [-0.2, -0.15) is 0 Å². The fourth-order valence-corrected chi connectivity index (χ4v) is 2.19. The lowest BCUT2D eigenvalue weighted by molar-refractivity contribution is -0.121. The van der Waals surface area contributed by atoms with E-state index in [-0.39, 0.29) is 5.91 Å². The molecule has 2 aromatic carbocycles. The Morgan fingerprint density at radius 3 is 2.42 bits per heavy atom. The molecule has 0 saturated heterocycles. The van der Waals surface area contributed by atoms with Crippen LogP contribution in [0.15, 0.2) is 54.6 Å². The molecule has 0 fully saturated rings. The number of ether oxygens (including phenoxy) is 2. The zero-order valence-corrected chi connectivity index (χ0v) is 14.3. The van der Waals surface area contributed by atoms with E-state index < -0.39 is 0 Å². The molecule has 0 atom stereocenters. The molecule has 0 heterocycles. The lowest BCUT2D eigenvalue weighted by Crippen LogP contribution is -2.29. The molecule has 4 nitrogen and oxygen atoms in total. The first kappa shape index (κ1) is 17.9. The highest BCUT2D eigenvalue weighted by molar-refractivity contribution is 5.75. The lowest BCUT2D eigenvalue weighted by Gasteiger charge is -2.11. The Morgan fingerprint density at radius 1 is 0.958 bits per heavy atom. The van der Waals surface area contributed by atoms with Crippen LogP contribution in [-0.2, 0) is 4.79 Å². The number of carbonyl (C=O) groups is 1. The van der Waals surface area contributed by atoms with Gasteiger partial charge in [0, 0.05) is 0 Å². The van der Waals surface area contributed by atoms with Crippen LogP contribution in [-0.4, -0.2) is 25.7 Å². The van der Waals surface area contributed by atoms with Crippen molar-refractivity contribution in [3.05, 3.63) is 60.2 Å². The zero-order chi connectivity index (χ0) is 17.2. The van der Waals surface area contributed by atoms with Gasteiger partial charge in [-0.1, -0.05) is 44.2 Å². The zero-order valence-electron chi connectivity index (χ0n) is 14.3. The van der Waals surface area contributed by atoms with Gasteiger partial charge < -0.3 is 14.8 Å². The molecule has 0 unspecified atom stereocenters. The summed E-state index contributed by atoms with van der Waals surface area (Å²) in [6.45, 7) is 5.60. The Hall–Kier alpha value is -2.49. The molecule has 1 amide bonds. The Kier molecular flexibility index (Phi) is 7.15. The summed E-state index contributed by atoms with van der Waals surface area (Å²) >= 11 is 0. The summed E-state index contributed by atoms with van der Waals surface area (Å²) in [5.41, 5.74) is 1.24. The van der Waals surface area contributed by atoms with Crippen LogP contribution < -0.4 is 14.8 Å². The molecule has 128 valence electrons. The van der Waals surface area contributed by atoms with Crippen LogP contribution in [0.1, 0.15) is 31.7 Å². The van der Waals surface area contributed by atoms with E-state index in [1.807, 2.05) is 48.5 Å². The van der Waals surface area contributed by atoms with E-state index in [9.17, 15) is 4.79 Å². The van der Waals surface area contributed by atoms with E-state index in [0.29, 0.717) is 32.1 Å². The molecule has 4 heteroatoms. The summed E-state index contributed by atoms with van der Waals surface area (Å²) in [5, 5.41) is 2.83. The van der Waals surface area contributed by atoms with Gasteiger partial charge in [-0.25, -0.2) is 0 Å². The number of para-hydroxylation sites is 1. The summed E-state index contributed by atoms with van der Waals surface area (Å²) in [6, 6.07) is 17.5. The van der Waals surface area contributed by atoms with Crippen LogP contribution >= 0.6 is 0 Å². The number of carbonyl (C=O) groups excluding carboxylic acids is 1. The quantitative estimate of drug-likeness (QED) is 0.713. The molecule has 0 radical (unpaired) electrons. The molecular weight excluding hydrogens is 302 g/mol. The highest BCUT2D eigenvalue weighted by atomic mass is 16.5. The lowest BCUT2D eigenvalue weighted by atomic mass is 10.0. The van der Waals surface area contributed by atoms with Crippen LogP contribution in [0, 0.1) is 0 Å². The van der Waals surface area contributed by atoms with Crippen LogP contribution in [0.2, 0.25) is 0 Å². The minimum Gasteiger partial charge on any atom is -0.493 e. The number of nitrogens with one attached hydrogen (secondary N) is 1. The molecule has 0 aromatic heterocycles. The maximum Gasteiger partial charge on any atom is 0.223 e. The maximum absolute atomic E-state index is 11.7. The highest BCUT2D eigenvalue weighted by Gasteiger charge is 2.03. The average molecular weight is 327 g/mol. The average Bonchev–Trinajstić information content (AvgIpc) is 2.60. The Bertz CT molecular complexity index is 626. The van der Waals surface area contributed by atoms with Crippen molar-refractivity contribution in [1.82, 2.24) is 5.32 Å². The smallest absolute Gasteiger partial charge is 0.223 e. The van der Waals surface area contributed by atoms with E-state index >= 15 is 0 Å². The molecule has 2 rings (SSSR count).